The molecule has 0 saturated carbocycles. The van der Waals surface area contributed by atoms with E-state index in [4.69, 9.17) is 46.4 Å². The largest absolute Gasteiger partial charge is 0.506 e. The number of aromatic hydroxyl groups is 1. The third kappa shape index (κ3) is 3.54. The summed E-state index contributed by atoms with van der Waals surface area (Å²) in [6.45, 7) is 0. The molecule has 0 fully saturated rings. The summed E-state index contributed by atoms with van der Waals surface area (Å²) in [6.07, 6.45) is 1.43. The molecule has 6 heteroatoms. The van der Waals surface area contributed by atoms with Crippen molar-refractivity contribution in [3.05, 3.63) is 56.0 Å². The number of nitrogens with zero attached hydrogens (tertiary/aromatic N) is 1. The first-order chi connectivity index (χ1) is 8.97. The Morgan fingerprint density at radius 2 is 1.58 bits per heavy atom. The predicted octanol–water partition coefficient (Wildman–Crippen LogP) is 5.76. The quantitative estimate of drug-likeness (QED) is 0.696. The maximum absolute atomic E-state index is 9.78. The van der Waals surface area contributed by atoms with Gasteiger partial charge in [0.25, 0.3) is 0 Å². The van der Waals surface area contributed by atoms with E-state index >= 15 is 0 Å². The molecule has 0 spiro atoms. The van der Waals surface area contributed by atoms with E-state index in [9.17, 15) is 5.11 Å². The van der Waals surface area contributed by atoms with Crippen molar-refractivity contribution < 1.29 is 5.11 Å². The molecule has 19 heavy (non-hydrogen) atoms. The van der Waals surface area contributed by atoms with E-state index in [1.54, 1.807) is 24.3 Å². The van der Waals surface area contributed by atoms with Crippen LogP contribution in [0.5, 0.6) is 5.75 Å². The van der Waals surface area contributed by atoms with Crippen molar-refractivity contribution in [2.45, 2.75) is 0 Å². The molecule has 2 nitrogen and oxygen atoms in total. The fourth-order valence-electron chi connectivity index (χ4n) is 1.41. The second-order valence-corrected chi connectivity index (χ2v) is 5.37. The zero-order valence-corrected chi connectivity index (χ0v) is 12.4. The Kier molecular flexibility index (Phi) is 4.58. The zero-order chi connectivity index (χ0) is 14.0. The minimum Gasteiger partial charge on any atom is -0.506 e. The maximum Gasteiger partial charge on any atom is 0.143 e. The topological polar surface area (TPSA) is 32.6 Å². The Morgan fingerprint density at radius 3 is 2.26 bits per heavy atom. The number of aliphatic imine (C=N–C) groups is 1. The van der Waals surface area contributed by atoms with Gasteiger partial charge in [-0.2, -0.15) is 0 Å². The van der Waals surface area contributed by atoms with E-state index in [0.717, 1.165) is 0 Å². The summed E-state index contributed by atoms with van der Waals surface area (Å²) in [4.78, 5) is 4.17. The van der Waals surface area contributed by atoms with Gasteiger partial charge in [-0.3, -0.25) is 4.99 Å². The Hall–Kier alpha value is -0.930. The van der Waals surface area contributed by atoms with Gasteiger partial charge in [-0.1, -0.05) is 46.4 Å². The zero-order valence-electron chi connectivity index (χ0n) is 9.37. The first-order valence-corrected chi connectivity index (χ1v) is 6.65. The lowest BCUT2D eigenvalue weighted by Gasteiger charge is -2.03. The second kappa shape index (κ2) is 6.02. The van der Waals surface area contributed by atoms with Crippen molar-refractivity contribution in [2.24, 2.45) is 4.99 Å². The van der Waals surface area contributed by atoms with E-state index in [0.29, 0.717) is 26.3 Å². The van der Waals surface area contributed by atoms with Gasteiger partial charge in [0.15, 0.2) is 0 Å². The number of phenolic OH excluding ortho intramolecular Hbond substituents is 1. The molecule has 0 unspecified atom stereocenters. The Labute approximate surface area is 130 Å². The molecule has 0 aliphatic rings. The number of rotatable bonds is 2. The monoisotopic (exact) mass is 333 g/mol. The van der Waals surface area contributed by atoms with Crippen LogP contribution >= 0.6 is 46.4 Å². The van der Waals surface area contributed by atoms with Gasteiger partial charge in [0.05, 0.1) is 15.7 Å². The number of benzene rings is 2. The summed E-state index contributed by atoms with van der Waals surface area (Å²) < 4.78 is 0. The van der Waals surface area contributed by atoms with Crippen molar-refractivity contribution in [2.75, 3.05) is 0 Å². The lowest BCUT2D eigenvalue weighted by molar-refractivity contribution is 0.475. The normalized spacial score (nSPS) is 11.2. The van der Waals surface area contributed by atoms with Gasteiger partial charge >= 0.3 is 0 Å². The average Bonchev–Trinajstić information content (AvgIpc) is 2.33. The first kappa shape index (κ1) is 14.5. The molecule has 0 saturated heterocycles. The average molecular weight is 335 g/mol. The molecule has 0 aliphatic heterocycles. The molecule has 0 atom stereocenters. The molecule has 0 heterocycles. The first-order valence-electron chi connectivity index (χ1n) is 5.14. The van der Waals surface area contributed by atoms with E-state index in [-0.39, 0.29) is 10.8 Å². The van der Waals surface area contributed by atoms with Crippen LogP contribution in [-0.4, -0.2) is 11.3 Å². The van der Waals surface area contributed by atoms with Crippen LogP contribution in [0.3, 0.4) is 0 Å². The van der Waals surface area contributed by atoms with E-state index < -0.39 is 0 Å². The fourth-order valence-corrected chi connectivity index (χ4v) is 2.38. The van der Waals surface area contributed by atoms with Crippen LogP contribution in [0.1, 0.15) is 5.56 Å². The molecular weight excluding hydrogens is 328 g/mol. The summed E-state index contributed by atoms with van der Waals surface area (Å²) in [7, 11) is 0. The number of phenols is 1. The molecular formula is C13H7Cl4NO. The molecule has 0 aliphatic carbocycles. The predicted molar refractivity (Wildman–Crippen MR) is 81.8 cm³/mol. The van der Waals surface area contributed by atoms with Crippen LogP contribution in [0, 0.1) is 0 Å². The molecule has 2 aromatic rings. The van der Waals surface area contributed by atoms with Crippen LogP contribution < -0.4 is 0 Å². The molecule has 2 rings (SSSR count). The summed E-state index contributed by atoms with van der Waals surface area (Å²) in [5, 5.41) is 11.3. The van der Waals surface area contributed by atoms with Crippen molar-refractivity contribution in [1.29, 1.82) is 0 Å². The minimum atomic E-state index is -0.0834. The van der Waals surface area contributed by atoms with Gasteiger partial charge < -0.3 is 5.11 Å². The number of hydrogen-bond acceptors (Lipinski definition) is 2. The van der Waals surface area contributed by atoms with E-state index in [1.807, 2.05) is 0 Å². The van der Waals surface area contributed by atoms with E-state index in [2.05, 4.69) is 4.99 Å². The molecule has 0 aromatic heterocycles. The van der Waals surface area contributed by atoms with Crippen molar-refractivity contribution in [1.82, 2.24) is 0 Å². The maximum atomic E-state index is 9.78. The van der Waals surface area contributed by atoms with Gasteiger partial charge in [0.1, 0.15) is 5.75 Å². The standard InChI is InChI=1S/C13H7Cl4NO/c14-8-1-2-12(10(16)4-8)18-6-7-3-9(15)5-11(17)13(7)19/h1-6,19H/b18-6+. The molecule has 1 N–H and O–H groups in total. The van der Waals surface area contributed by atoms with Gasteiger partial charge in [-0.05, 0) is 30.3 Å². The van der Waals surface area contributed by atoms with Crippen LogP contribution in [0.15, 0.2) is 35.3 Å². The highest BCUT2D eigenvalue weighted by molar-refractivity contribution is 6.37. The van der Waals surface area contributed by atoms with Crippen LogP contribution in [0.25, 0.3) is 0 Å². The smallest absolute Gasteiger partial charge is 0.143 e. The Morgan fingerprint density at radius 1 is 0.895 bits per heavy atom. The van der Waals surface area contributed by atoms with Crippen molar-refractivity contribution >= 4 is 58.3 Å². The number of halogens is 4. The highest BCUT2D eigenvalue weighted by Crippen LogP contribution is 2.32. The van der Waals surface area contributed by atoms with Crippen LogP contribution in [-0.2, 0) is 0 Å². The SMILES string of the molecule is Oc1c(Cl)cc(Cl)cc1/C=N/c1ccc(Cl)cc1Cl. The lowest BCUT2D eigenvalue weighted by Crippen LogP contribution is -1.84. The second-order valence-electron chi connectivity index (χ2n) is 3.68. The van der Waals surface area contributed by atoms with Crippen molar-refractivity contribution in [3.8, 4) is 5.75 Å². The third-order valence-electron chi connectivity index (χ3n) is 2.31. The summed E-state index contributed by atoms with van der Waals surface area (Å²) in [5.41, 5.74) is 0.935. The minimum absolute atomic E-state index is 0.0834. The Balaban J connectivity index is 2.38. The highest BCUT2D eigenvalue weighted by atomic mass is 35.5. The number of hydrogen-bond donors (Lipinski definition) is 1. The highest BCUT2D eigenvalue weighted by Gasteiger charge is 2.06. The summed E-state index contributed by atoms with van der Waals surface area (Å²) >= 11 is 23.4. The summed E-state index contributed by atoms with van der Waals surface area (Å²) in [6, 6.07) is 7.93. The molecule has 2 aromatic carbocycles. The van der Waals surface area contributed by atoms with Gasteiger partial charge in [0, 0.05) is 21.8 Å². The Bertz CT molecular complexity index is 655. The lowest BCUT2D eigenvalue weighted by atomic mass is 10.2. The molecule has 0 bridgehead atoms. The third-order valence-corrected chi connectivity index (χ3v) is 3.35. The fraction of sp³-hybridized carbons (Fsp3) is 0. The molecule has 0 radical (unpaired) electrons. The van der Waals surface area contributed by atoms with E-state index in [1.165, 1.54) is 12.3 Å². The van der Waals surface area contributed by atoms with Gasteiger partial charge in [-0.25, -0.2) is 0 Å². The van der Waals surface area contributed by atoms with Crippen LogP contribution in [0.4, 0.5) is 5.69 Å². The molecule has 0 amide bonds. The van der Waals surface area contributed by atoms with Crippen LogP contribution in [0.2, 0.25) is 20.1 Å². The van der Waals surface area contributed by atoms with Gasteiger partial charge in [0.2, 0.25) is 0 Å². The molecule has 98 valence electrons. The summed E-state index contributed by atoms with van der Waals surface area (Å²) in [5.74, 6) is -0.0834. The van der Waals surface area contributed by atoms with Gasteiger partial charge in [-0.15, -0.1) is 0 Å². The van der Waals surface area contributed by atoms with Crippen molar-refractivity contribution in [3.63, 3.8) is 0 Å².